The fourth-order valence-corrected chi connectivity index (χ4v) is 10.3. The molecule has 7 heteroatoms. The number of benzene rings is 10. The lowest BCUT2D eigenvalue weighted by Crippen LogP contribution is -2.07. The highest BCUT2D eigenvalue weighted by Gasteiger charge is 2.25. The van der Waals surface area contributed by atoms with Gasteiger partial charge < -0.3 is 8.98 Å². The van der Waals surface area contributed by atoms with Crippen molar-refractivity contribution in [3.05, 3.63) is 243 Å². The van der Waals surface area contributed by atoms with Crippen molar-refractivity contribution in [3.8, 4) is 79.2 Å². The van der Waals surface area contributed by atoms with Crippen molar-refractivity contribution < 1.29 is 4.42 Å². The number of hydrogen-bond acceptors (Lipinski definition) is 5. The third kappa shape index (κ3) is 6.82. The van der Waals surface area contributed by atoms with E-state index in [9.17, 15) is 0 Å². The largest absolute Gasteiger partial charge is 0.434 e. The molecule has 0 aliphatic heterocycles. The highest BCUT2D eigenvalue weighted by atomic mass is 16.3. The molecule has 0 radical (unpaired) electrons. The lowest BCUT2D eigenvalue weighted by Gasteiger charge is -2.13. The standard InChI is InChI=1S/C64H40N6O/c1-5-19-41(20-6-1)45-27-17-28-46(37-45)62-66-61(44-25-11-4-12-26-44)67-64(68-62)70-56-33-16-14-30-51(56)53-36-35-52-50-29-13-15-32-55(50)69(58(52)59(53)70)57-34-18-31-54-60(57)71-63(65-54)49-39-47(42-21-7-2-8-22-42)38-48(40-49)43-23-9-3-10-24-43/h1-40H. The Morgan fingerprint density at radius 2 is 0.746 bits per heavy atom. The summed E-state index contributed by atoms with van der Waals surface area (Å²) in [5.41, 5.74) is 15.6. The quantitative estimate of drug-likeness (QED) is 0.152. The Balaban J connectivity index is 1.03. The Labute approximate surface area is 408 Å². The molecule has 0 saturated carbocycles. The third-order valence-corrected chi connectivity index (χ3v) is 13.6. The van der Waals surface area contributed by atoms with Crippen LogP contribution in [-0.2, 0) is 0 Å². The van der Waals surface area contributed by atoms with Crippen molar-refractivity contribution in [2.75, 3.05) is 0 Å². The van der Waals surface area contributed by atoms with Gasteiger partial charge in [-0.15, -0.1) is 0 Å². The second-order valence-electron chi connectivity index (χ2n) is 17.8. The molecule has 7 nitrogen and oxygen atoms in total. The number of hydrogen-bond donors (Lipinski definition) is 0. The van der Waals surface area contributed by atoms with Gasteiger partial charge in [0.05, 0.1) is 27.8 Å². The van der Waals surface area contributed by atoms with Gasteiger partial charge in [-0.05, 0) is 81.9 Å². The Hall–Kier alpha value is -9.72. The SMILES string of the molecule is c1ccc(-c2cccc(-c3nc(-c4ccccc4)nc(-n4c5ccccc5c5ccc6c7ccccc7n(-c7cccc8nc(-c9cc(-c%10ccccc%10)cc(-c%10ccccc%10)c9)oc78)c6c54)n3)c2)cc1. The average Bonchev–Trinajstić information content (AvgIpc) is 4.15. The second-order valence-corrected chi connectivity index (χ2v) is 17.8. The van der Waals surface area contributed by atoms with Gasteiger partial charge >= 0.3 is 0 Å². The fraction of sp³-hybridized carbons (Fsp3) is 0. The van der Waals surface area contributed by atoms with Crippen molar-refractivity contribution in [2.45, 2.75) is 0 Å². The number of rotatable bonds is 8. The third-order valence-electron chi connectivity index (χ3n) is 13.6. The average molecular weight is 909 g/mol. The summed E-state index contributed by atoms with van der Waals surface area (Å²) in [6.45, 7) is 0. The molecule has 0 bridgehead atoms. The van der Waals surface area contributed by atoms with Gasteiger partial charge in [-0.25, -0.2) is 9.97 Å². The van der Waals surface area contributed by atoms with E-state index < -0.39 is 0 Å². The molecule has 4 heterocycles. The van der Waals surface area contributed by atoms with E-state index in [0.717, 1.165) is 105 Å². The van der Waals surface area contributed by atoms with Crippen LogP contribution in [0.3, 0.4) is 0 Å². The van der Waals surface area contributed by atoms with Crippen LogP contribution in [0, 0.1) is 0 Å². The summed E-state index contributed by atoms with van der Waals surface area (Å²) in [5.74, 6) is 2.23. The minimum atomic E-state index is 0.516. The number of para-hydroxylation sites is 3. The highest BCUT2D eigenvalue weighted by molar-refractivity contribution is 6.24. The predicted molar refractivity (Wildman–Crippen MR) is 289 cm³/mol. The molecule has 71 heavy (non-hydrogen) atoms. The number of aromatic nitrogens is 6. The van der Waals surface area contributed by atoms with Crippen molar-refractivity contribution >= 4 is 54.7 Å². The second kappa shape index (κ2) is 16.5. The highest BCUT2D eigenvalue weighted by Crippen LogP contribution is 2.44. The molecule has 0 fully saturated rings. The molecule has 0 atom stereocenters. The van der Waals surface area contributed by atoms with Crippen LogP contribution in [0.4, 0.5) is 0 Å². The Kier molecular flexibility index (Phi) is 9.38. The summed E-state index contributed by atoms with van der Waals surface area (Å²) in [6, 6.07) is 84.5. The molecule has 0 amide bonds. The molecule has 4 aromatic heterocycles. The fourth-order valence-electron chi connectivity index (χ4n) is 10.3. The summed E-state index contributed by atoms with van der Waals surface area (Å²) >= 11 is 0. The van der Waals surface area contributed by atoms with Gasteiger partial charge in [0.25, 0.3) is 0 Å². The van der Waals surface area contributed by atoms with Crippen LogP contribution in [-0.4, -0.2) is 29.1 Å². The molecule has 14 aromatic rings. The van der Waals surface area contributed by atoms with Gasteiger partial charge in [0, 0.05) is 38.2 Å². The maximum absolute atomic E-state index is 7.07. The number of oxazole rings is 1. The molecule has 0 saturated heterocycles. The van der Waals surface area contributed by atoms with E-state index in [1.807, 2.05) is 42.5 Å². The molecule has 332 valence electrons. The van der Waals surface area contributed by atoms with Crippen molar-refractivity contribution in [2.24, 2.45) is 0 Å². The molecule has 0 spiro atoms. The van der Waals surface area contributed by atoms with Crippen molar-refractivity contribution in [1.29, 1.82) is 0 Å². The summed E-state index contributed by atoms with van der Waals surface area (Å²) in [4.78, 5) is 21.2. The molecule has 0 aliphatic carbocycles. The van der Waals surface area contributed by atoms with Crippen LogP contribution in [0.1, 0.15) is 0 Å². The first-order valence-corrected chi connectivity index (χ1v) is 23.8. The minimum absolute atomic E-state index is 0.516. The zero-order chi connectivity index (χ0) is 46.8. The van der Waals surface area contributed by atoms with E-state index in [-0.39, 0.29) is 0 Å². The summed E-state index contributed by atoms with van der Waals surface area (Å²) in [6.07, 6.45) is 0. The predicted octanol–water partition coefficient (Wildman–Crippen LogP) is 16.2. The van der Waals surface area contributed by atoms with E-state index in [1.165, 1.54) is 0 Å². The Morgan fingerprint density at radius 3 is 1.37 bits per heavy atom. The van der Waals surface area contributed by atoms with Gasteiger partial charge in [0.2, 0.25) is 11.8 Å². The zero-order valence-electron chi connectivity index (χ0n) is 38.2. The maximum Gasteiger partial charge on any atom is 0.238 e. The van der Waals surface area contributed by atoms with Crippen LogP contribution in [0.15, 0.2) is 247 Å². The van der Waals surface area contributed by atoms with Gasteiger partial charge in [0.1, 0.15) is 5.52 Å². The normalized spacial score (nSPS) is 11.7. The van der Waals surface area contributed by atoms with Crippen LogP contribution in [0.5, 0.6) is 0 Å². The van der Waals surface area contributed by atoms with Crippen LogP contribution >= 0.6 is 0 Å². The first kappa shape index (κ1) is 40.4. The first-order valence-electron chi connectivity index (χ1n) is 23.8. The van der Waals surface area contributed by atoms with Crippen LogP contribution in [0.25, 0.3) is 134 Å². The van der Waals surface area contributed by atoms with Gasteiger partial charge in [-0.1, -0.05) is 194 Å². The molecule has 0 unspecified atom stereocenters. The van der Waals surface area contributed by atoms with E-state index in [1.54, 1.807) is 0 Å². The van der Waals surface area contributed by atoms with E-state index >= 15 is 0 Å². The number of nitrogens with zero attached hydrogens (tertiary/aromatic N) is 6. The lowest BCUT2D eigenvalue weighted by molar-refractivity contribution is 0.618. The molecule has 14 rings (SSSR count). The first-order chi connectivity index (χ1) is 35.2. The molecular weight excluding hydrogens is 869 g/mol. The molecule has 10 aromatic carbocycles. The van der Waals surface area contributed by atoms with E-state index in [0.29, 0.717) is 29.1 Å². The van der Waals surface area contributed by atoms with E-state index in [2.05, 4.69) is 209 Å². The lowest BCUT2D eigenvalue weighted by atomic mass is 9.96. The van der Waals surface area contributed by atoms with Gasteiger partial charge in [0.15, 0.2) is 17.2 Å². The Morgan fingerprint density at radius 1 is 0.296 bits per heavy atom. The molecule has 0 aliphatic rings. The molecular formula is C64H40N6O. The monoisotopic (exact) mass is 908 g/mol. The summed E-state index contributed by atoms with van der Waals surface area (Å²) in [5, 5.41) is 4.36. The molecule has 0 N–H and O–H groups in total. The zero-order valence-corrected chi connectivity index (χ0v) is 38.2. The minimum Gasteiger partial charge on any atom is -0.434 e. The number of fused-ring (bicyclic) bond motifs is 8. The van der Waals surface area contributed by atoms with Crippen molar-refractivity contribution in [3.63, 3.8) is 0 Å². The van der Waals surface area contributed by atoms with Crippen LogP contribution in [0.2, 0.25) is 0 Å². The Bertz CT molecular complexity index is 4270. The van der Waals surface area contributed by atoms with Crippen LogP contribution < -0.4 is 0 Å². The van der Waals surface area contributed by atoms with Crippen molar-refractivity contribution in [1.82, 2.24) is 29.1 Å². The summed E-state index contributed by atoms with van der Waals surface area (Å²) in [7, 11) is 0. The summed E-state index contributed by atoms with van der Waals surface area (Å²) < 4.78 is 11.6. The van der Waals surface area contributed by atoms with Gasteiger partial charge in [-0.2, -0.15) is 9.97 Å². The smallest absolute Gasteiger partial charge is 0.238 e. The maximum atomic E-state index is 7.07. The topological polar surface area (TPSA) is 74.6 Å². The van der Waals surface area contributed by atoms with Gasteiger partial charge in [-0.3, -0.25) is 4.57 Å². The van der Waals surface area contributed by atoms with E-state index in [4.69, 9.17) is 24.4 Å².